The highest BCUT2D eigenvalue weighted by atomic mass is 19.1. The number of fused-ring (bicyclic) bond motifs is 1. The molecule has 1 heterocycles. The highest BCUT2D eigenvalue weighted by molar-refractivity contribution is 6.04. The van der Waals surface area contributed by atoms with E-state index >= 15 is 0 Å². The predicted molar refractivity (Wildman–Crippen MR) is 97.2 cm³/mol. The molecule has 0 aliphatic rings. The number of carbonyl (C=O) groups is 1. The number of nitrogens with one attached hydrogen (secondary N) is 1. The Morgan fingerprint density at radius 1 is 1.19 bits per heavy atom. The second-order valence-electron chi connectivity index (χ2n) is 6.17. The fraction of sp³-hybridized carbons (Fsp3) is 0.211. The minimum Gasteiger partial charge on any atom is -0.354 e. The van der Waals surface area contributed by atoms with Crippen LogP contribution in [0.1, 0.15) is 16.1 Å². The molecule has 0 radical (unpaired) electrons. The fourth-order valence-corrected chi connectivity index (χ4v) is 2.84. The zero-order chi connectivity index (χ0) is 19.6. The van der Waals surface area contributed by atoms with Crippen LogP contribution in [-0.4, -0.2) is 34.7 Å². The van der Waals surface area contributed by atoms with Crippen molar-refractivity contribution in [1.82, 2.24) is 20.0 Å². The van der Waals surface area contributed by atoms with Crippen molar-refractivity contribution in [3.05, 3.63) is 75.7 Å². The van der Waals surface area contributed by atoms with Gasteiger partial charge in [-0.2, -0.15) is 5.10 Å². The van der Waals surface area contributed by atoms with Crippen LogP contribution in [0, 0.1) is 11.6 Å². The number of rotatable bonds is 5. The van der Waals surface area contributed by atoms with Crippen LogP contribution in [0.15, 0.2) is 47.3 Å². The molecule has 1 N–H and O–H groups in total. The summed E-state index contributed by atoms with van der Waals surface area (Å²) in [6.07, 6.45) is 0. The van der Waals surface area contributed by atoms with Crippen LogP contribution in [0.5, 0.6) is 0 Å². The van der Waals surface area contributed by atoms with Gasteiger partial charge in [-0.1, -0.05) is 24.3 Å². The number of aromatic nitrogens is 2. The first-order valence-corrected chi connectivity index (χ1v) is 8.25. The molecule has 0 aliphatic heterocycles. The Morgan fingerprint density at radius 3 is 2.56 bits per heavy atom. The average molecular weight is 372 g/mol. The minimum atomic E-state index is -0.660. The molecule has 1 aromatic heterocycles. The van der Waals surface area contributed by atoms with E-state index in [1.807, 2.05) is 0 Å². The number of amides is 1. The van der Waals surface area contributed by atoms with E-state index in [2.05, 4.69) is 10.4 Å². The van der Waals surface area contributed by atoms with Gasteiger partial charge in [0.1, 0.15) is 11.6 Å². The van der Waals surface area contributed by atoms with Gasteiger partial charge in [0.15, 0.2) is 5.69 Å². The van der Waals surface area contributed by atoms with Crippen molar-refractivity contribution in [3.63, 3.8) is 0 Å². The number of nitrogens with zero attached hydrogens (tertiary/aromatic N) is 3. The summed E-state index contributed by atoms with van der Waals surface area (Å²) in [5.74, 6) is -1.72. The van der Waals surface area contributed by atoms with Gasteiger partial charge in [-0.25, -0.2) is 13.5 Å². The van der Waals surface area contributed by atoms with E-state index in [4.69, 9.17) is 0 Å². The number of benzene rings is 2. The summed E-state index contributed by atoms with van der Waals surface area (Å²) in [4.78, 5) is 26.5. The summed E-state index contributed by atoms with van der Waals surface area (Å²) in [5.41, 5.74) is 0.0676. The standard InChI is InChI=1S/C19H18F2N4O2/c1-22-18(26)17-14-5-3-4-6-15(14)19(27)25(23-17)11-24(2)10-12-7-8-13(20)9-16(12)21/h3-9H,10-11H2,1-2H3,(H,22,26). The second kappa shape index (κ2) is 7.63. The lowest BCUT2D eigenvalue weighted by Gasteiger charge is -2.19. The SMILES string of the molecule is CNC(=O)c1nn(CN(C)Cc2ccc(F)cc2F)c(=O)c2ccccc12. The topological polar surface area (TPSA) is 67.2 Å². The third-order valence-corrected chi connectivity index (χ3v) is 4.14. The first-order valence-electron chi connectivity index (χ1n) is 8.25. The van der Waals surface area contributed by atoms with Crippen LogP contribution < -0.4 is 10.9 Å². The summed E-state index contributed by atoms with van der Waals surface area (Å²) in [6.45, 7) is 0.173. The highest BCUT2D eigenvalue weighted by Crippen LogP contribution is 2.14. The maximum Gasteiger partial charge on any atom is 0.275 e. The molecule has 0 fully saturated rings. The molecular weight excluding hydrogens is 354 g/mol. The van der Waals surface area contributed by atoms with Gasteiger partial charge in [0.25, 0.3) is 11.5 Å². The number of carbonyl (C=O) groups excluding carboxylic acids is 1. The summed E-state index contributed by atoms with van der Waals surface area (Å²) in [6, 6.07) is 10.1. The van der Waals surface area contributed by atoms with Crippen LogP contribution in [0.25, 0.3) is 10.8 Å². The molecule has 3 aromatic rings. The lowest BCUT2D eigenvalue weighted by molar-refractivity contribution is 0.0956. The third kappa shape index (κ3) is 3.85. The maximum absolute atomic E-state index is 13.8. The molecule has 0 atom stereocenters. The molecule has 0 saturated carbocycles. The van der Waals surface area contributed by atoms with Crippen molar-refractivity contribution >= 4 is 16.7 Å². The van der Waals surface area contributed by atoms with Crippen molar-refractivity contribution in [1.29, 1.82) is 0 Å². The lowest BCUT2D eigenvalue weighted by Crippen LogP contribution is -2.34. The van der Waals surface area contributed by atoms with E-state index in [1.54, 1.807) is 36.2 Å². The molecule has 27 heavy (non-hydrogen) atoms. The molecule has 8 heteroatoms. The van der Waals surface area contributed by atoms with Gasteiger partial charge in [0.05, 0.1) is 12.1 Å². The monoisotopic (exact) mass is 372 g/mol. The van der Waals surface area contributed by atoms with E-state index in [9.17, 15) is 18.4 Å². The van der Waals surface area contributed by atoms with Crippen molar-refractivity contribution < 1.29 is 13.6 Å². The summed E-state index contributed by atoms with van der Waals surface area (Å²) in [7, 11) is 3.16. The van der Waals surface area contributed by atoms with E-state index in [0.29, 0.717) is 16.3 Å². The Kier molecular flexibility index (Phi) is 5.27. The zero-order valence-electron chi connectivity index (χ0n) is 14.9. The smallest absolute Gasteiger partial charge is 0.275 e. The van der Waals surface area contributed by atoms with Crippen LogP contribution >= 0.6 is 0 Å². The molecular formula is C19H18F2N4O2. The van der Waals surface area contributed by atoms with Gasteiger partial charge < -0.3 is 5.32 Å². The molecule has 6 nitrogen and oxygen atoms in total. The molecule has 0 saturated heterocycles. The largest absolute Gasteiger partial charge is 0.354 e. The number of hydrogen-bond acceptors (Lipinski definition) is 4. The molecule has 140 valence electrons. The Labute approximate surface area is 154 Å². The van der Waals surface area contributed by atoms with Crippen LogP contribution in [0.3, 0.4) is 0 Å². The normalized spacial score (nSPS) is 11.1. The first-order chi connectivity index (χ1) is 12.9. The predicted octanol–water partition coefficient (Wildman–Crippen LogP) is 2.12. The molecule has 2 aromatic carbocycles. The maximum atomic E-state index is 13.8. The first kappa shape index (κ1) is 18.7. The minimum absolute atomic E-state index is 0.0322. The Morgan fingerprint density at radius 2 is 1.89 bits per heavy atom. The third-order valence-electron chi connectivity index (χ3n) is 4.14. The summed E-state index contributed by atoms with van der Waals surface area (Å²) < 4.78 is 28.1. The summed E-state index contributed by atoms with van der Waals surface area (Å²) >= 11 is 0. The van der Waals surface area contributed by atoms with Crippen molar-refractivity contribution in [3.8, 4) is 0 Å². The van der Waals surface area contributed by atoms with Crippen LogP contribution in [0.2, 0.25) is 0 Å². The number of halogens is 2. The van der Waals surface area contributed by atoms with Crippen molar-refractivity contribution in [2.75, 3.05) is 14.1 Å². The molecule has 0 aliphatic carbocycles. The van der Waals surface area contributed by atoms with Gasteiger partial charge in [-0.3, -0.25) is 14.5 Å². The Hall–Kier alpha value is -3.13. The molecule has 1 amide bonds. The van der Waals surface area contributed by atoms with E-state index in [0.717, 1.165) is 10.7 Å². The van der Waals surface area contributed by atoms with Gasteiger partial charge in [-0.05, 0) is 19.2 Å². The molecule has 0 unspecified atom stereocenters. The van der Waals surface area contributed by atoms with Crippen LogP contribution in [0.4, 0.5) is 8.78 Å². The molecule has 3 rings (SSSR count). The average Bonchev–Trinajstić information content (AvgIpc) is 2.65. The lowest BCUT2D eigenvalue weighted by atomic mass is 10.1. The summed E-state index contributed by atoms with van der Waals surface area (Å²) in [5, 5.41) is 7.53. The van der Waals surface area contributed by atoms with E-state index < -0.39 is 17.5 Å². The van der Waals surface area contributed by atoms with Gasteiger partial charge in [0, 0.05) is 30.6 Å². The van der Waals surface area contributed by atoms with Crippen LogP contribution in [-0.2, 0) is 13.2 Å². The Balaban J connectivity index is 1.95. The molecule has 0 spiro atoms. The van der Waals surface area contributed by atoms with Gasteiger partial charge in [0.2, 0.25) is 0 Å². The van der Waals surface area contributed by atoms with Crippen molar-refractivity contribution in [2.45, 2.75) is 13.2 Å². The highest BCUT2D eigenvalue weighted by Gasteiger charge is 2.16. The fourth-order valence-electron chi connectivity index (χ4n) is 2.84. The quantitative estimate of drug-likeness (QED) is 0.745. The van der Waals surface area contributed by atoms with E-state index in [-0.39, 0.29) is 24.5 Å². The Bertz CT molecular complexity index is 1070. The van der Waals surface area contributed by atoms with Crippen molar-refractivity contribution in [2.24, 2.45) is 0 Å². The number of hydrogen-bond donors (Lipinski definition) is 1. The van der Waals surface area contributed by atoms with Gasteiger partial charge in [-0.15, -0.1) is 0 Å². The zero-order valence-corrected chi connectivity index (χ0v) is 14.9. The molecule has 0 bridgehead atoms. The second-order valence-corrected chi connectivity index (χ2v) is 6.17. The van der Waals surface area contributed by atoms with Gasteiger partial charge >= 0.3 is 0 Å². The van der Waals surface area contributed by atoms with E-state index in [1.165, 1.54) is 19.2 Å².